The summed E-state index contributed by atoms with van der Waals surface area (Å²) < 4.78 is 10.4. The number of halogens is 1. The van der Waals surface area contributed by atoms with Gasteiger partial charge in [0.15, 0.2) is 11.5 Å². The second kappa shape index (κ2) is 5.96. The first-order valence-electron chi connectivity index (χ1n) is 5.97. The van der Waals surface area contributed by atoms with Crippen molar-refractivity contribution >= 4 is 17.5 Å². The molecule has 4 nitrogen and oxygen atoms in total. The number of benzene rings is 1. The van der Waals surface area contributed by atoms with Crippen molar-refractivity contribution in [2.24, 2.45) is 0 Å². The van der Waals surface area contributed by atoms with E-state index in [0.717, 1.165) is 12.8 Å². The van der Waals surface area contributed by atoms with Crippen LogP contribution in [-0.4, -0.2) is 24.6 Å². The van der Waals surface area contributed by atoms with Crippen molar-refractivity contribution in [1.82, 2.24) is 5.32 Å². The van der Waals surface area contributed by atoms with Crippen LogP contribution in [0.15, 0.2) is 18.2 Å². The number of hydrogen-bond donors (Lipinski definition) is 1. The number of ether oxygens (including phenoxy) is 2. The minimum Gasteiger partial charge on any atom is -0.454 e. The molecule has 0 spiro atoms. The highest BCUT2D eigenvalue weighted by Gasteiger charge is 2.16. The van der Waals surface area contributed by atoms with E-state index in [2.05, 4.69) is 5.32 Å². The van der Waals surface area contributed by atoms with Crippen molar-refractivity contribution in [3.05, 3.63) is 23.8 Å². The molecule has 1 aliphatic heterocycles. The van der Waals surface area contributed by atoms with Crippen LogP contribution in [0.3, 0.4) is 0 Å². The van der Waals surface area contributed by atoms with E-state index in [0.29, 0.717) is 22.9 Å². The van der Waals surface area contributed by atoms with E-state index in [1.807, 2.05) is 6.92 Å². The molecule has 1 heterocycles. The van der Waals surface area contributed by atoms with Crippen molar-refractivity contribution in [2.75, 3.05) is 12.7 Å². The van der Waals surface area contributed by atoms with Gasteiger partial charge in [0.25, 0.3) is 5.91 Å². The van der Waals surface area contributed by atoms with Crippen molar-refractivity contribution < 1.29 is 14.3 Å². The largest absolute Gasteiger partial charge is 0.454 e. The van der Waals surface area contributed by atoms with Crippen LogP contribution in [0.4, 0.5) is 0 Å². The second-order valence-corrected chi connectivity index (χ2v) is 4.65. The molecular formula is C13H16ClNO3. The van der Waals surface area contributed by atoms with Gasteiger partial charge in [0.2, 0.25) is 6.79 Å². The third-order valence-electron chi connectivity index (χ3n) is 2.78. The van der Waals surface area contributed by atoms with Crippen LogP contribution in [0.2, 0.25) is 0 Å². The van der Waals surface area contributed by atoms with E-state index in [1.165, 1.54) is 0 Å². The molecule has 0 fully saturated rings. The summed E-state index contributed by atoms with van der Waals surface area (Å²) >= 11 is 5.62. The molecule has 98 valence electrons. The zero-order valence-electron chi connectivity index (χ0n) is 10.2. The number of amides is 1. The molecule has 1 atom stereocenters. The first-order chi connectivity index (χ1) is 8.70. The van der Waals surface area contributed by atoms with Crippen LogP contribution in [-0.2, 0) is 0 Å². The molecule has 0 aromatic heterocycles. The van der Waals surface area contributed by atoms with Crippen molar-refractivity contribution in [3.63, 3.8) is 0 Å². The summed E-state index contributed by atoms with van der Waals surface area (Å²) in [6, 6.07) is 5.30. The number of rotatable bonds is 5. The molecule has 0 radical (unpaired) electrons. The Kier molecular flexibility index (Phi) is 4.31. The molecule has 1 amide bonds. The quantitative estimate of drug-likeness (QED) is 0.836. The van der Waals surface area contributed by atoms with Gasteiger partial charge in [-0.3, -0.25) is 4.79 Å². The summed E-state index contributed by atoms with van der Waals surface area (Å²) in [6.07, 6.45) is 1.77. The Labute approximate surface area is 111 Å². The molecule has 0 aliphatic carbocycles. The van der Waals surface area contributed by atoms with E-state index in [9.17, 15) is 4.79 Å². The van der Waals surface area contributed by atoms with Crippen molar-refractivity contribution in [3.8, 4) is 11.5 Å². The molecule has 1 aromatic rings. The average molecular weight is 270 g/mol. The third kappa shape index (κ3) is 3.07. The summed E-state index contributed by atoms with van der Waals surface area (Å²) in [7, 11) is 0. The lowest BCUT2D eigenvalue weighted by molar-refractivity contribution is 0.0938. The van der Waals surface area contributed by atoms with E-state index in [4.69, 9.17) is 21.1 Å². The van der Waals surface area contributed by atoms with Gasteiger partial charge in [-0.2, -0.15) is 0 Å². The summed E-state index contributed by atoms with van der Waals surface area (Å²) in [5, 5.41) is 2.93. The van der Waals surface area contributed by atoms with Crippen LogP contribution in [0.5, 0.6) is 11.5 Å². The van der Waals surface area contributed by atoms with Gasteiger partial charge in [-0.05, 0) is 38.0 Å². The Morgan fingerprint density at radius 1 is 1.44 bits per heavy atom. The van der Waals surface area contributed by atoms with Crippen LogP contribution < -0.4 is 14.8 Å². The molecule has 1 aromatic carbocycles. The number of hydrogen-bond acceptors (Lipinski definition) is 3. The van der Waals surface area contributed by atoms with Crippen LogP contribution in [0, 0.1) is 0 Å². The van der Waals surface area contributed by atoms with Crippen molar-refractivity contribution in [2.45, 2.75) is 25.8 Å². The maximum absolute atomic E-state index is 12.0. The number of nitrogens with one attached hydrogen (secondary N) is 1. The summed E-state index contributed by atoms with van der Waals surface area (Å²) in [5.41, 5.74) is 0.581. The highest BCUT2D eigenvalue weighted by molar-refractivity contribution is 6.17. The standard InChI is InChI=1S/C13H16ClNO3/c1-9(3-2-6-14)15-13(16)10-4-5-11-12(7-10)18-8-17-11/h4-5,7,9H,2-3,6,8H2,1H3,(H,15,16). The van der Waals surface area contributed by atoms with Crippen molar-refractivity contribution in [1.29, 1.82) is 0 Å². The predicted octanol–water partition coefficient (Wildman–Crippen LogP) is 2.55. The van der Waals surface area contributed by atoms with E-state index >= 15 is 0 Å². The fourth-order valence-electron chi connectivity index (χ4n) is 1.80. The van der Waals surface area contributed by atoms with Crippen LogP contribution in [0.1, 0.15) is 30.1 Å². The molecule has 1 N–H and O–H groups in total. The lowest BCUT2D eigenvalue weighted by atomic mass is 10.1. The normalized spacial score (nSPS) is 14.3. The molecular weight excluding hydrogens is 254 g/mol. The fourth-order valence-corrected chi connectivity index (χ4v) is 1.95. The van der Waals surface area contributed by atoms with Gasteiger partial charge >= 0.3 is 0 Å². The van der Waals surface area contributed by atoms with Gasteiger partial charge in [0, 0.05) is 17.5 Å². The highest BCUT2D eigenvalue weighted by atomic mass is 35.5. The predicted molar refractivity (Wildman–Crippen MR) is 69.4 cm³/mol. The minimum absolute atomic E-state index is 0.102. The number of carbonyl (C=O) groups is 1. The lowest BCUT2D eigenvalue weighted by Gasteiger charge is -2.13. The van der Waals surface area contributed by atoms with E-state index < -0.39 is 0 Å². The summed E-state index contributed by atoms with van der Waals surface area (Å²) in [6.45, 7) is 2.18. The van der Waals surface area contributed by atoms with Gasteiger partial charge in [-0.15, -0.1) is 11.6 Å². The molecule has 18 heavy (non-hydrogen) atoms. The SMILES string of the molecule is CC(CCCCl)NC(=O)c1ccc2c(c1)OCO2. The Morgan fingerprint density at radius 2 is 2.22 bits per heavy atom. The van der Waals surface area contributed by atoms with Crippen LogP contribution >= 0.6 is 11.6 Å². The maximum atomic E-state index is 12.0. The molecule has 0 bridgehead atoms. The Balaban J connectivity index is 1.96. The van der Waals surface area contributed by atoms with E-state index in [-0.39, 0.29) is 18.7 Å². The molecule has 0 saturated heterocycles. The Morgan fingerprint density at radius 3 is 3.00 bits per heavy atom. The Hall–Kier alpha value is -1.42. The molecule has 1 unspecified atom stereocenters. The molecule has 2 rings (SSSR count). The summed E-state index contributed by atoms with van der Waals surface area (Å²) in [4.78, 5) is 12.0. The molecule has 1 aliphatic rings. The smallest absolute Gasteiger partial charge is 0.251 e. The topological polar surface area (TPSA) is 47.6 Å². The Bertz CT molecular complexity index is 436. The number of alkyl halides is 1. The van der Waals surface area contributed by atoms with Gasteiger partial charge in [0.1, 0.15) is 0 Å². The first-order valence-corrected chi connectivity index (χ1v) is 6.50. The second-order valence-electron chi connectivity index (χ2n) is 4.27. The van der Waals surface area contributed by atoms with E-state index in [1.54, 1.807) is 18.2 Å². The minimum atomic E-state index is -0.102. The van der Waals surface area contributed by atoms with Gasteiger partial charge in [-0.25, -0.2) is 0 Å². The maximum Gasteiger partial charge on any atom is 0.251 e. The summed E-state index contributed by atoms with van der Waals surface area (Å²) in [5.74, 6) is 1.82. The lowest BCUT2D eigenvalue weighted by Crippen LogP contribution is -2.32. The monoisotopic (exact) mass is 269 g/mol. The number of fused-ring (bicyclic) bond motifs is 1. The highest BCUT2D eigenvalue weighted by Crippen LogP contribution is 2.32. The zero-order valence-corrected chi connectivity index (χ0v) is 11.0. The zero-order chi connectivity index (χ0) is 13.0. The average Bonchev–Trinajstić information content (AvgIpc) is 2.83. The van der Waals surface area contributed by atoms with Gasteiger partial charge in [0.05, 0.1) is 0 Å². The van der Waals surface area contributed by atoms with Gasteiger partial charge < -0.3 is 14.8 Å². The van der Waals surface area contributed by atoms with Gasteiger partial charge in [-0.1, -0.05) is 0 Å². The third-order valence-corrected chi connectivity index (χ3v) is 3.05. The number of carbonyl (C=O) groups excluding carboxylic acids is 1. The molecule has 5 heteroatoms. The first kappa shape index (κ1) is 13.0. The molecule has 0 saturated carbocycles. The van der Waals surface area contributed by atoms with Crippen LogP contribution in [0.25, 0.3) is 0 Å². The fraction of sp³-hybridized carbons (Fsp3) is 0.462.